The van der Waals surface area contributed by atoms with Crippen molar-refractivity contribution >= 4 is 28.9 Å². The zero-order valence-electron chi connectivity index (χ0n) is 14.0. The van der Waals surface area contributed by atoms with Crippen LogP contribution in [0.25, 0.3) is 0 Å². The molecule has 5 nitrogen and oxygen atoms in total. The minimum Gasteiger partial charge on any atom is -0.321 e. The molecule has 0 bridgehead atoms. The molecule has 2 aromatic rings. The maximum Gasteiger partial charge on any atom is 0.271 e. The zero-order chi connectivity index (χ0) is 19.7. The van der Waals surface area contributed by atoms with E-state index in [-0.39, 0.29) is 29.6 Å². The molecule has 9 heteroatoms. The molecule has 1 N–H and O–H groups in total. The SMILES string of the molecule is Cc1ccccc1NC(=O)C1=NN(c2c(F)c(F)cc(F)c2F)C(=O)CC1. The number of hydrogen-bond acceptors (Lipinski definition) is 3. The molecule has 0 saturated carbocycles. The Balaban J connectivity index is 1.97. The number of nitrogens with one attached hydrogen (secondary N) is 1. The Morgan fingerprint density at radius 2 is 1.70 bits per heavy atom. The monoisotopic (exact) mass is 379 g/mol. The van der Waals surface area contributed by atoms with Crippen LogP contribution in [0.3, 0.4) is 0 Å². The van der Waals surface area contributed by atoms with Gasteiger partial charge in [-0.25, -0.2) is 17.6 Å². The molecule has 0 saturated heterocycles. The number of carbonyl (C=O) groups excluding carboxylic acids is 2. The average molecular weight is 379 g/mol. The van der Waals surface area contributed by atoms with Gasteiger partial charge in [0.2, 0.25) is 5.91 Å². The van der Waals surface area contributed by atoms with Crippen molar-refractivity contribution < 1.29 is 27.2 Å². The summed E-state index contributed by atoms with van der Waals surface area (Å²) in [5.41, 5.74) is -0.248. The number of hydrogen-bond donors (Lipinski definition) is 1. The van der Waals surface area contributed by atoms with Gasteiger partial charge in [-0.2, -0.15) is 10.1 Å². The minimum atomic E-state index is -1.77. The van der Waals surface area contributed by atoms with Gasteiger partial charge in [0.25, 0.3) is 5.91 Å². The van der Waals surface area contributed by atoms with Gasteiger partial charge in [-0.1, -0.05) is 18.2 Å². The Bertz CT molecular complexity index is 949. The second kappa shape index (κ2) is 7.18. The van der Waals surface area contributed by atoms with E-state index in [1.165, 1.54) is 0 Å². The van der Waals surface area contributed by atoms with Crippen LogP contribution in [0.15, 0.2) is 35.4 Å². The lowest BCUT2D eigenvalue weighted by Gasteiger charge is -2.24. The van der Waals surface area contributed by atoms with Crippen molar-refractivity contribution in [1.29, 1.82) is 0 Å². The van der Waals surface area contributed by atoms with E-state index in [4.69, 9.17) is 0 Å². The molecule has 3 rings (SSSR count). The van der Waals surface area contributed by atoms with Gasteiger partial charge in [0.05, 0.1) is 0 Å². The first-order chi connectivity index (χ1) is 12.8. The van der Waals surface area contributed by atoms with E-state index in [0.29, 0.717) is 5.69 Å². The van der Waals surface area contributed by atoms with Gasteiger partial charge in [-0.15, -0.1) is 0 Å². The van der Waals surface area contributed by atoms with Crippen LogP contribution >= 0.6 is 0 Å². The van der Waals surface area contributed by atoms with E-state index in [9.17, 15) is 27.2 Å². The normalized spacial score (nSPS) is 14.2. The first kappa shape index (κ1) is 18.6. The lowest BCUT2D eigenvalue weighted by molar-refractivity contribution is -0.118. The Morgan fingerprint density at radius 1 is 1.07 bits per heavy atom. The molecule has 140 valence electrons. The Hall–Kier alpha value is -3.23. The topological polar surface area (TPSA) is 61.8 Å². The van der Waals surface area contributed by atoms with E-state index in [1.54, 1.807) is 31.2 Å². The van der Waals surface area contributed by atoms with E-state index in [2.05, 4.69) is 10.4 Å². The number of nitrogens with zero attached hydrogens (tertiary/aromatic N) is 2. The highest BCUT2D eigenvalue weighted by Crippen LogP contribution is 2.30. The lowest BCUT2D eigenvalue weighted by atomic mass is 10.1. The third kappa shape index (κ3) is 3.53. The first-order valence-corrected chi connectivity index (χ1v) is 7.90. The molecule has 1 aliphatic heterocycles. The van der Waals surface area contributed by atoms with Crippen LogP contribution in [0, 0.1) is 30.2 Å². The van der Waals surface area contributed by atoms with Gasteiger partial charge in [0, 0.05) is 24.6 Å². The molecule has 0 atom stereocenters. The van der Waals surface area contributed by atoms with Crippen LogP contribution in [0.4, 0.5) is 28.9 Å². The number of hydrazone groups is 1. The molecular weight excluding hydrogens is 366 g/mol. The van der Waals surface area contributed by atoms with E-state index in [0.717, 1.165) is 5.56 Å². The highest BCUT2D eigenvalue weighted by molar-refractivity contribution is 6.44. The molecule has 2 aromatic carbocycles. The first-order valence-electron chi connectivity index (χ1n) is 7.90. The smallest absolute Gasteiger partial charge is 0.271 e. The number of aryl methyl sites for hydroxylation is 1. The van der Waals surface area contributed by atoms with E-state index >= 15 is 0 Å². The van der Waals surface area contributed by atoms with Gasteiger partial charge in [0.1, 0.15) is 11.4 Å². The summed E-state index contributed by atoms with van der Waals surface area (Å²) in [4.78, 5) is 24.4. The number of anilines is 2. The molecule has 0 fully saturated rings. The summed E-state index contributed by atoms with van der Waals surface area (Å²) < 4.78 is 54.9. The highest BCUT2D eigenvalue weighted by atomic mass is 19.2. The molecule has 1 aliphatic rings. The fourth-order valence-corrected chi connectivity index (χ4v) is 2.55. The van der Waals surface area contributed by atoms with Gasteiger partial charge < -0.3 is 5.32 Å². The van der Waals surface area contributed by atoms with E-state index in [1.807, 2.05) is 0 Å². The van der Waals surface area contributed by atoms with Crippen LogP contribution in [0.1, 0.15) is 18.4 Å². The second-order valence-electron chi connectivity index (χ2n) is 5.84. The standard InChI is InChI=1S/C18H13F4N3O2/c1-9-4-2-3-5-12(9)23-18(27)13-6-7-14(26)25(24-13)17-15(21)10(19)8-11(20)16(17)22/h2-5,8H,6-7H2,1H3,(H,23,27). The summed E-state index contributed by atoms with van der Waals surface area (Å²) in [6.45, 7) is 1.76. The fourth-order valence-electron chi connectivity index (χ4n) is 2.55. The van der Waals surface area contributed by atoms with Gasteiger partial charge in [0.15, 0.2) is 23.3 Å². The zero-order valence-corrected chi connectivity index (χ0v) is 14.0. The summed E-state index contributed by atoms with van der Waals surface area (Å²) in [6, 6.07) is 6.89. The molecule has 2 amide bonds. The van der Waals surface area contributed by atoms with Gasteiger partial charge in [-0.3, -0.25) is 9.59 Å². The quantitative estimate of drug-likeness (QED) is 0.653. The summed E-state index contributed by atoms with van der Waals surface area (Å²) in [6.07, 6.45) is -0.398. The van der Waals surface area contributed by atoms with Crippen LogP contribution in [0.5, 0.6) is 0 Å². The van der Waals surface area contributed by atoms with Crippen molar-refractivity contribution in [1.82, 2.24) is 0 Å². The van der Waals surface area contributed by atoms with Crippen molar-refractivity contribution in [3.63, 3.8) is 0 Å². The Kier molecular flexibility index (Phi) is 4.93. The summed E-state index contributed by atoms with van der Waals surface area (Å²) in [5.74, 6) is -8.49. The number of halogens is 4. The number of carbonyl (C=O) groups is 2. The maximum atomic E-state index is 14.0. The number of para-hydroxylation sites is 1. The minimum absolute atomic E-state index is 0.0259. The van der Waals surface area contributed by atoms with Gasteiger partial charge in [-0.05, 0) is 18.6 Å². The van der Waals surface area contributed by atoms with Crippen LogP contribution < -0.4 is 10.3 Å². The fraction of sp³-hybridized carbons (Fsp3) is 0.167. The third-order valence-corrected chi connectivity index (χ3v) is 3.99. The number of amides is 2. The van der Waals surface area contributed by atoms with Crippen LogP contribution in [-0.4, -0.2) is 17.5 Å². The summed E-state index contributed by atoms with van der Waals surface area (Å²) >= 11 is 0. The second-order valence-corrected chi connectivity index (χ2v) is 5.84. The van der Waals surface area contributed by atoms with Crippen LogP contribution in [-0.2, 0) is 9.59 Å². The van der Waals surface area contributed by atoms with Crippen LogP contribution in [0.2, 0.25) is 0 Å². The largest absolute Gasteiger partial charge is 0.321 e. The lowest BCUT2D eigenvalue weighted by Crippen LogP contribution is -2.37. The maximum absolute atomic E-state index is 14.0. The van der Waals surface area contributed by atoms with Crippen molar-refractivity contribution in [2.75, 3.05) is 10.3 Å². The predicted molar refractivity (Wildman–Crippen MR) is 90.2 cm³/mol. The molecule has 0 spiro atoms. The Labute approximate surface area is 151 Å². The Morgan fingerprint density at radius 3 is 2.33 bits per heavy atom. The predicted octanol–water partition coefficient (Wildman–Crippen LogP) is 3.67. The number of benzene rings is 2. The average Bonchev–Trinajstić information content (AvgIpc) is 2.63. The highest BCUT2D eigenvalue weighted by Gasteiger charge is 2.32. The molecular formula is C18H13F4N3O2. The molecule has 0 aromatic heterocycles. The molecule has 27 heavy (non-hydrogen) atoms. The summed E-state index contributed by atoms with van der Waals surface area (Å²) in [5, 5.41) is 6.40. The molecule has 1 heterocycles. The number of rotatable bonds is 3. The summed E-state index contributed by atoms with van der Waals surface area (Å²) in [7, 11) is 0. The van der Waals surface area contributed by atoms with E-state index < -0.39 is 40.8 Å². The van der Waals surface area contributed by atoms with Crippen molar-refractivity contribution in [3.05, 3.63) is 59.2 Å². The molecule has 0 unspecified atom stereocenters. The van der Waals surface area contributed by atoms with Crippen molar-refractivity contribution in [2.24, 2.45) is 5.10 Å². The van der Waals surface area contributed by atoms with Crippen molar-refractivity contribution in [3.8, 4) is 0 Å². The van der Waals surface area contributed by atoms with Gasteiger partial charge >= 0.3 is 0 Å². The molecule has 0 aliphatic carbocycles. The molecule has 0 radical (unpaired) electrons. The van der Waals surface area contributed by atoms with Crippen molar-refractivity contribution in [2.45, 2.75) is 19.8 Å². The third-order valence-electron chi connectivity index (χ3n) is 3.99.